The van der Waals surface area contributed by atoms with Crippen LogP contribution in [-0.4, -0.2) is 21.0 Å². The Balaban J connectivity index is 2.34. The van der Waals surface area contributed by atoms with Gasteiger partial charge < -0.3 is 8.92 Å². The summed E-state index contributed by atoms with van der Waals surface area (Å²) >= 11 is 0. The van der Waals surface area contributed by atoms with Crippen LogP contribution in [0.1, 0.15) is 0 Å². The number of halogens is 3. The van der Waals surface area contributed by atoms with Crippen LogP contribution in [0.3, 0.4) is 0 Å². The molecule has 3 rings (SSSR count). The van der Waals surface area contributed by atoms with Gasteiger partial charge in [-0.2, -0.15) is 21.6 Å². The Labute approximate surface area is 135 Å². The predicted molar refractivity (Wildman–Crippen MR) is 83.6 cm³/mol. The maximum atomic E-state index is 12.6. The first-order valence-corrected chi connectivity index (χ1v) is 8.14. The monoisotopic (exact) mass is 362 g/mol. The van der Waals surface area contributed by atoms with Crippen LogP contribution in [-0.2, 0) is 10.1 Å². The number of fused-ring (bicyclic) bond motifs is 3. The summed E-state index contributed by atoms with van der Waals surface area (Å²) in [5, 5.41) is 1.93. The summed E-state index contributed by atoms with van der Waals surface area (Å²) in [5.41, 5.74) is -5.50. The second-order valence-electron chi connectivity index (χ2n) is 4.96. The van der Waals surface area contributed by atoms with E-state index in [9.17, 15) is 21.6 Å². The predicted octanol–water partition coefficient (Wildman–Crippen LogP) is 4.23. The summed E-state index contributed by atoms with van der Waals surface area (Å²) < 4.78 is 70.2. The van der Waals surface area contributed by atoms with Gasteiger partial charge in [-0.05, 0) is 22.9 Å². The van der Waals surface area contributed by atoms with Crippen molar-refractivity contribution < 1.29 is 30.5 Å². The maximum absolute atomic E-state index is 12.6. The third-order valence-electron chi connectivity index (χ3n) is 3.51. The van der Waals surface area contributed by atoms with Crippen molar-refractivity contribution in [1.82, 2.24) is 0 Å². The van der Waals surface area contributed by atoms with E-state index in [1.165, 1.54) is 19.2 Å². The Hall–Kier alpha value is -2.48. The molecule has 0 saturated carbocycles. The molecule has 0 amide bonds. The highest BCUT2D eigenvalue weighted by Crippen LogP contribution is 2.39. The SMILES string of the molecule is COc1cccc2cc(OS(=O)(=O)C(F)(F)F)[13c]3[13cH][13cH][13cH][13cH][13c]3c12. The molecule has 8 heteroatoms. The molecule has 3 aromatic carbocycles. The summed E-state index contributed by atoms with van der Waals surface area (Å²) in [7, 11) is -4.28. The van der Waals surface area contributed by atoms with Gasteiger partial charge in [0, 0.05) is 10.8 Å². The molecule has 0 radical (unpaired) electrons. The zero-order valence-corrected chi connectivity index (χ0v) is 13.1. The Morgan fingerprint density at radius 3 is 2.21 bits per heavy atom. The van der Waals surface area contributed by atoms with Gasteiger partial charge in [0.05, 0.1) is 7.11 Å². The van der Waals surface area contributed by atoms with Gasteiger partial charge in [0.2, 0.25) is 0 Å². The third kappa shape index (κ3) is 2.62. The molecule has 0 aliphatic carbocycles. The standard InChI is InChI=1S/C16H11F3O4S/c1-22-13-8-4-5-10-9-14(23-24(20,21)16(17,18)19)11-6-2-3-7-12(11)15(10)13/h2-9H,1H3/i2+1,3+1,6+1,7+1,11+1,12+1. The second kappa shape index (κ2) is 5.55. The van der Waals surface area contributed by atoms with Crippen LogP contribution >= 0.6 is 0 Å². The van der Waals surface area contributed by atoms with Gasteiger partial charge in [-0.1, -0.05) is 36.4 Å². The van der Waals surface area contributed by atoms with Crippen molar-refractivity contribution in [2.24, 2.45) is 0 Å². The van der Waals surface area contributed by atoms with Crippen molar-refractivity contribution >= 4 is 31.7 Å². The minimum absolute atomic E-state index is 0.238. The van der Waals surface area contributed by atoms with E-state index in [0.717, 1.165) is 0 Å². The van der Waals surface area contributed by atoms with Crippen LogP contribution in [0, 0.1) is 0 Å². The van der Waals surface area contributed by atoms with Crippen molar-refractivity contribution in [3.8, 4) is 11.5 Å². The van der Waals surface area contributed by atoms with Crippen LogP contribution < -0.4 is 8.92 Å². The fraction of sp³-hybridized carbons (Fsp3) is 0.125. The van der Waals surface area contributed by atoms with Crippen molar-refractivity contribution in [2.75, 3.05) is 7.11 Å². The smallest absolute Gasteiger partial charge is 0.496 e. The lowest BCUT2D eigenvalue weighted by Crippen LogP contribution is -2.28. The van der Waals surface area contributed by atoms with Gasteiger partial charge in [-0.3, -0.25) is 0 Å². The van der Waals surface area contributed by atoms with E-state index in [1.807, 2.05) is 0 Å². The zero-order chi connectivity index (χ0) is 17.5. The van der Waals surface area contributed by atoms with Crippen molar-refractivity contribution in [2.45, 2.75) is 5.51 Å². The number of rotatable bonds is 3. The van der Waals surface area contributed by atoms with Crippen molar-refractivity contribution in [1.29, 1.82) is 0 Å². The highest BCUT2D eigenvalue weighted by Gasteiger charge is 2.48. The molecular formula is C16H11F3O4S. The van der Waals surface area contributed by atoms with E-state index >= 15 is 0 Å². The van der Waals surface area contributed by atoms with Crippen molar-refractivity contribution in [3.63, 3.8) is 0 Å². The largest absolute Gasteiger partial charge is 0.534 e. The lowest BCUT2D eigenvalue weighted by atomic mass is 10.2. The molecule has 0 atom stereocenters. The summed E-state index contributed by atoms with van der Waals surface area (Å²) in [6.45, 7) is 0. The number of hydrogen-bond donors (Lipinski definition) is 0. The summed E-state index contributed by atoms with van der Waals surface area (Å²) in [5.74, 6) is 0.137. The average Bonchev–Trinajstić information content (AvgIpc) is 2.53. The molecule has 0 unspecified atom stereocenters. The number of alkyl halides is 3. The molecule has 0 bridgehead atoms. The molecule has 4 nitrogen and oxygen atoms in total. The Kier molecular flexibility index (Phi) is 3.79. The molecule has 126 valence electrons. The number of ether oxygens (including phenoxy) is 1. The van der Waals surface area contributed by atoms with E-state index in [4.69, 9.17) is 4.74 Å². The Morgan fingerprint density at radius 1 is 0.917 bits per heavy atom. The number of benzene rings is 3. The minimum atomic E-state index is -5.76. The number of methoxy groups -OCH3 is 1. The Morgan fingerprint density at radius 2 is 1.58 bits per heavy atom. The maximum Gasteiger partial charge on any atom is 0.534 e. The van der Waals surface area contributed by atoms with Gasteiger partial charge in [-0.15, -0.1) is 0 Å². The molecule has 0 aromatic heterocycles. The molecule has 0 aliphatic rings. The van der Waals surface area contributed by atoms with E-state index in [1.54, 1.807) is 36.4 Å². The first-order valence-electron chi connectivity index (χ1n) is 6.74. The molecule has 0 fully saturated rings. The molecule has 3 aromatic rings. The minimum Gasteiger partial charge on any atom is -0.496 e. The van der Waals surface area contributed by atoms with Gasteiger partial charge in [-0.25, -0.2) is 0 Å². The van der Waals surface area contributed by atoms with Gasteiger partial charge >= 0.3 is 15.6 Å². The van der Waals surface area contributed by atoms with E-state index in [0.29, 0.717) is 21.9 Å². The lowest BCUT2D eigenvalue weighted by molar-refractivity contribution is -0.0499. The summed E-state index contributed by atoms with van der Waals surface area (Å²) in [6, 6.07) is 12.7. The molecule has 0 spiro atoms. The fourth-order valence-corrected chi connectivity index (χ4v) is 2.96. The average molecular weight is 362 g/mol. The van der Waals surface area contributed by atoms with Crippen LogP contribution in [0.25, 0.3) is 21.5 Å². The molecule has 24 heavy (non-hydrogen) atoms. The molecule has 0 heterocycles. The van der Waals surface area contributed by atoms with Crippen LogP contribution in [0.15, 0.2) is 48.5 Å². The molecule has 0 aliphatic heterocycles. The first-order chi connectivity index (χ1) is 11.2. The second-order valence-corrected chi connectivity index (χ2v) is 6.50. The van der Waals surface area contributed by atoms with E-state index < -0.39 is 15.6 Å². The topological polar surface area (TPSA) is 52.6 Å². The third-order valence-corrected chi connectivity index (χ3v) is 4.48. The highest BCUT2D eigenvalue weighted by molar-refractivity contribution is 7.88. The summed E-state index contributed by atoms with van der Waals surface area (Å²) in [6.07, 6.45) is 0. The lowest BCUT2D eigenvalue weighted by Gasteiger charge is -2.14. The zero-order valence-electron chi connectivity index (χ0n) is 12.3. The Bertz CT molecular complexity index is 1030. The van der Waals surface area contributed by atoms with E-state index in [-0.39, 0.29) is 11.1 Å². The van der Waals surface area contributed by atoms with Gasteiger partial charge in [0.15, 0.2) is 5.75 Å². The van der Waals surface area contributed by atoms with Crippen LogP contribution in [0.5, 0.6) is 11.5 Å². The van der Waals surface area contributed by atoms with E-state index in [2.05, 4.69) is 4.18 Å². The molecule has 0 saturated heterocycles. The van der Waals surface area contributed by atoms with Gasteiger partial charge in [0.25, 0.3) is 0 Å². The van der Waals surface area contributed by atoms with Crippen LogP contribution in [0.4, 0.5) is 13.2 Å². The van der Waals surface area contributed by atoms with Crippen molar-refractivity contribution in [3.05, 3.63) is 48.5 Å². The first kappa shape index (κ1) is 16.4. The summed E-state index contributed by atoms with van der Waals surface area (Å²) in [4.78, 5) is 0. The fourth-order valence-electron chi connectivity index (χ4n) is 2.50. The molecule has 0 N–H and O–H groups in total. The molecular weight excluding hydrogens is 351 g/mol. The highest BCUT2D eigenvalue weighted by atomic mass is 32.2. The van der Waals surface area contributed by atoms with Gasteiger partial charge in [0.1, 0.15) is 5.75 Å². The van der Waals surface area contributed by atoms with Crippen LogP contribution in [0.2, 0.25) is 0 Å². The number of hydrogen-bond acceptors (Lipinski definition) is 4. The quantitative estimate of drug-likeness (QED) is 0.398. The normalized spacial score (nSPS) is 12.5.